The number of halogens is 1. The first-order chi connectivity index (χ1) is 14.7. The minimum Gasteiger partial charge on any atom is -0.497 e. The zero-order chi connectivity index (χ0) is 21.2. The van der Waals surface area contributed by atoms with Gasteiger partial charge in [0.15, 0.2) is 5.96 Å². The van der Waals surface area contributed by atoms with Crippen LogP contribution in [0.2, 0.25) is 0 Å². The number of guanidine groups is 1. The van der Waals surface area contributed by atoms with Crippen molar-refractivity contribution >= 4 is 35.8 Å². The van der Waals surface area contributed by atoms with Gasteiger partial charge in [0.1, 0.15) is 5.75 Å². The summed E-state index contributed by atoms with van der Waals surface area (Å²) in [6.45, 7) is 6.51. The molecule has 3 rings (SSSR count). The van der Waals surface area contributed by atoms with Gasteiger partial charge in [-0.3, -0.25) is 14.7 Å². The molecule has 0 bridgehead atoms. The van der Waals surface area contributed by atoms with Gasteiger partial charge in [0, 0.05) is 25.6 Å². The highest BCUT2D eigenvalue weighted by molar-refractivity contribution is 14.0. The average Bonchev–Trinajstić information content (AvgIpc) is 3.40. The van der Waals surface area contributed by atoms with Gasteiger partial charge >= 0.3 is 0 Å². The van der Waals surface area contributed by atoms with E-state index in [1.54, 1.807) is 7.11 Å². The molecule has 2 aliphatic rings. The molecule has 0 spiro atoms. The van der Waals surface area contributed by atoms with E-state index in [-0.39, 0.29) is 35.9 Å². The van der Waals surface area contributed by atoms with Crippen molar-refractivity contribution in [3.8, 4) is 5.75 Å². The van der Waals surface area contributed by atoms with Crippen LogP contribution >= 0.6 is 24.0 Å². The van der Waals surface area contributed by atoms with Crippen LogP contribution in [0.15, 0.2) is 29.3 Å². The molecular formula is C23H38IN5O2. The smallest absolute Gasteiger partial charge is 0.220 e. The number of methoxy groups -OCH3 is 1. The number of ether oxygens (including phenoxy) is 1. The Morgan fingerprint density at radius 1 is 1.26 bits per heavy atom. The van der Waals surface area contributed by atoms with Gasteiger partial charge < -0.3 is 20.7 Å². The van der Waals surface area contributed by atoms with E-state index in [1.807, 2.05) is 6.07 Å². The van der Waals surface area contributed by atoms with E-state index < -0.39 is 0 Å². The fourth-order valence-electron chi connectivity index (χ4n) is 3.84. The number of nitrogens with one attached hydrogen (secondary N) is 3. The second kappa shape index (κ2) is 13.8. The summed E-state index contributed by atoms with van der Waals surface area (Å²) in [5, 5.41) is 9.75. The number of amides is 1. The molecule has 1 atom stereocenters. The lowest BCUT2D eigenvalue weighted by atomic mass is 10.1. The predicted molar refractivity (Wildman–Crippen MR) is 136 cm³/mol. The summed E-state index contributed by atoms with van der Waals surface area (Å²) in [6, 6.07) is 9.00. The third-order valence-electron chi connectivity index (χ3n) is 5.64. The highest BCUT2D eigenvalue weighted by atomic mass is 127. The third kappa shape index (κ3) is 8.84. The van der Waals surface area contributed by atoms with Gasteiger partial charge in [-0.05, 0) is 69.8 Å². The number of carbonyl (C=O) groups excluding carboxylic acids is 1. The molecule has 0 aromatic heterocycles. The van der Waals surface area contributed by atoms with Gasteiger partial charge in [-0.2, -0.15) is 0 Å². The lowest BCUT2D eigenvalue weighted by Crippen LogP contribution is -2.39. The van der Waals surface area contributed by atoms with E-state index in [0.717, 1.165) is 57.2 Å². The van der Waals surface area contributed by atoms with Crippen molar-refractivity contribution in [1.82, 2.24) is 20.9 Å². The molecule has 31 heavy (non-hydrogen) atoms. The molecule has 1 unspecified atom stereocenters. The molecule has 1 aliphatic heterocycles. The Hall–Kier alpha value is -1.55. The predicted octanol–water partition coefficient (Wildman–Crippen LogP) is 3.06. The Kier molecular flexibility index (Phi) is 11.4. The van der Waals surface area contributed by atoms with E-state index >= 15 is 0 Å². The molecular weight excluding hydrogens is 505 g/mol. The second-order valence-corrected chi connectivity index (χ2v) is 8.13. The van der Waals surface area contributed by atoms with Gasteiger partial charge in [0.05, 0.1) is 19.7 Å². The normalized spacial score (nSPS) is 17.5. The maximum absolute atomic E-state index is 11.8. The van der Waals surface area contributed by atoms with Crippen LogP contribution in [0.4, 0.5) is 0 Å². The van der Waals surface area contributed by atoms with Crippen LogP contribution in [-0.2, 0) is 4.79 Å². The molecule has 7 nitrogen and oxygen atoms in total. The standard InChI is InChI=1S/C23H37N5O2.HI/c1-3-24-23(25-13-7-10-22(29)27-19-11-12-19)26-17-21(28-14-4-5-15-28)18-8-6-9-20(16-18)30-2;/h6,8-9,16,19,21H,3-5,7,10-15,17H2,1-2H3,(H,27,29)(H2,24,25,26);1H. The monoisotopic (exact) mass is 543 g/mol. The van der Waals surface area contributed by atoms with Gasteiger partial charge in [0.25, 0.3) is 0 Å². The first kappa shape index (κ1) is 25.7. The van der Waals surface area contributed by atoms with E-state index in [1.165, 1.54) is 18.4 Å². The van der Waals surface area contributed by atoms with Crippen LogP contribution in [0, 0.1) is 0 Å². The van der Waals surface area contributed by atoms with Crippen LogP contribution in [0.5, 0.6) is 5.75 Å². The van der Waals surface area contributed by atoms with Gasteiger partial charge in [-0.15, -0.1) is 24.0 Å². The second-order valence-electron chi connectivity index (χ2n) is 8.13. The molecule has 3 N–H and O–H groups in total. The van der Waals surface area contributed by atoms with E-state index in [0.29, 0.717) is 19.0 Å². The van der Waals surface area contributed by atoms with Crippen LogP contribution < -0.4 is 20.7 Å². The van der Waals surface area contributed by atoms with Crippen LogP contribution in [-0.4, -0.2) is 62.6 Å². The Balaban J connectivity index is 0.00000341. The Labute approximate surface area is 203 Å². The minimum atomic E-state index is 0. The number of nitrogens with zero attached hydrogens (tertiary/aromatic N) is 2. The van der Waals surface area contributed by atoms with Gasteiger partial charge in [0.2, 0.25) is 5.91 Å². The van der Waals surface area contributed by atoms with Crippen molar-refractivity contribution in [3.05, 3.63) is 29.8 Å². The maximum Gasteiger partial charge on any atom is 0.220 e. The third-order valence-corrected chi connectivity index (χ3v) is 5.64. The van der Waals surface area contributed by atoms with Gasteiger partial charge in [-0.25, -0.2) is 0 Å². The molecule has 1 saturated carbocycles. The fraction of sp³-hybridized carbons (Fsp3) is 0.652. The van der Waals surface area contributed by atoms with Crippen LogP contribution in [0.25, 0.3) is 0 Å². The quantitative estimate of drug-likeness (QED) is 0.173. The number of likely N-dealkylation sites (tertiary alicyclic amines) is 1. The lowest BCUT2D eigenvalue weighted by molar-refractivity contribution is -0.121. The first-order valence-electron chi connectivity index (χ1n) is 11.4. The Morgan fingerprint density at radius 3 is 2.71 bits per heavy atom. The summed E-state index contributed by atoms with van der Waals surface area (Å²) in [7, 11) is 1.71. The molecule has 1 aromatic rings. The lowest BCUT2D eigenvalue weighted by Gasteiger charge is -2.27. The van der Waals surface area contributed by atoms with E-state index in [9.17, 15) is 4.79 Å². The highest BCUT2D eigenvalue weighted by Crippen LogP contribution is 2.27. The number of hydrogen-bond donors (Lipinski definition) is 3. The highest BCUT2D eigenvalue weighted by Gasteiger charge is 2.24. The summed E-state index contributed by atoms with van der Waals surface area (Å²) in [4.78, 5) is 19.2. The van der Waals surface area contributed by atoms with Crippen LogP contribution in [0.1, 0.15) is 57.1 Å². The van der Waals surface area contributed by atoms with Crippen LogP contribution in [0.3, 0.4) is 0 Å². The summed E-state index contributed by atoms with van der Waals surface area (Å²) in [5.74, 6) is 1.86. The first-order valence-corrected chi connectivity index (χ1v) is 11.4. The maximum atomic E-state index is 11.8. The molecule has 1 aromatic carbocycles. The zero-order valence-corrected chi connectivity index (χ0v) is 21.2. The van der Waals surface area contributed by atoms with E-state index in [2.05, 4.69) is 46.0 Å². The van der Waals surface area contributed by atoms with Crippen molar-refractivity contribution in [2.75, 3.05) is 39.8 Å². The Morgan fingerprint density at radius 2 is 2.03 bits per heavy atom. The molecule has 1 aliphatic carbocycles. The molecule has 174 valence electrons. The molecule has 8 heteroatoms. The Bertz CT molecular complexity index is 705. The van der Waals surface area contributed by atoms with Gasteiger partial charge in [-0.1, -0.05) is 12.1 Å². The summed E-state index contributed by atoms with van der Waals surface area (Å²) in [6.07, 6.45) is 6.10. The SMILES string of the molecule is CCNC(=NCC(c1cccc(OC)c1)N1CCCC1)NCCCC(=O)NC1CC1.I. The zero-order valence-electron chi connectivity index (χ0n) is 18.9. The summed E-state index contributed by atoms with van der Waals surface area (Å²) in [5.41, 5.74) is 1.24. The topological polar surface area (TPSA) is 78.0 Å². The van der Waals surface area contributed by atoms with E-state index in [4.69, 9.17) is 9.73 Å². The number of carbonyl (C=O) groups is 1. The van der Waals surface area contributed by atoms with Crippen molar-refractivity contribution in [3.63, 3.8) is 0 Å². The molecule has 1 saturated heterocycles. The fourth-order valence-corrected chi connectivity index (χ4v) is 3.84. The average molecular weight is 543 g/mol. The number of hydrogen-bond acceptors (Lipinski definition) is 4. The molecule has 1 heterocycles. The van der Waals surface area contributed by atoms with Crippen molar-refractivity contribution in [1.29, 1.82) is 0 Å². The summed E-state index contributed by atoms with van der Waals surface area (Å²) < 4.78 is 5.43. The largest absolute Gasteiger partial charge is 0.497 e. The van der Waals surface area contributed by atoms with Crippen molar-refractivity contribution in [2.45, 2.75) is 57.5 Å². The number of benzene rings is 1. The van der Waals surface area contributed by atoms with Crippen molar-refractivity contribution < 1.29 is 9.53 Å². The molecule has 1 amide bonds. The number of rotatable bonds is 11. The molecule has 2 fully saturated rings. The van der Waals surface area contributed by atoms with Crippen molar-refractivity contribution in [2.24, 2.45) is 4.99 Å². The minimum absolute atomic E-state index is 0. The molecule has 0 radical (unpaired) electrons. The summed E-state index contributed by atoms with van der Waals surface area (Å²) >= 11 is 0. The number of aliphatic imine (C=N–C) groups is 1.